The van der Waals surface area contributed by atoms with Gasteiger partial charge in [-0.05, 0) is 50.8 Å². The Balaban J connectivity index is 1.41. The molecule has 0 aromatic heterocycles. The fourth-order valence-corrected chi connectivity index (χ4v) is 3.65. The van der Waals surface area contributed by atoms with E-state index in [0.29, 0.717) is 12.1 Å². The molecular formula is C20H30N2O. The van der Waals surface area contributed by atoms with Gasteiger partial charge in [-0.25, -0.2) is 0 Å². The Morgan fingerprint density at radius 1 is 1.26 bits per heavy atom. The first-order chi connectivity index (χ1) is 11.3. The number of ether oxygens (including phenoxy) is 1. The molecule has 1 N–H and O–H groups in total. The van der Waals surface area contributed by atoms with Crippen molar-refractivity contribution in [2.45, 2.75) is 38.3 Å². The lowest BCUT2D eigenvalue weighted by molar-refractivity contribution is 0.125. The van der Waals surface area contributed by atoms with Crippen LogP contribution in [0.15, 0.2) is 35.9 Å². The van der Waals surface area contributed by atoms with Crippen molar-refractivity contribution in [3.05, 3.63) is 41.5 Å². The van der Waals surface area contributed by atoms with Crippen molar-refractivity contribution in [1.29, 1.82) is 0 Å². The van der Waals surface area contributed by atoms with Crippen LogP contribution in [0.2, 0.25) is 0 Å². The van der Waals surface area contributed by atoms with Gasteiger partial charge in [0.15, 0.2) is 0 Å². The number of hydrogen-bond acceptors (Lipinski definition) is 3. The predicted octanol–water partition coefficient (Wildman–Crippen LogP) is 3.18. The lowest BCUT2D eigenvalue weighted by Gasteiger charge is -2.32. The van der Waals surface area contributed by atoms with Crippen LogP contribution in [0, 0.1) is 5.92 Å². The normalized spacial score (nSPS) is 26.4. The van der Waals surface area contributed by atoms with E-state index in [1.807, 2.05) is 0 Å². The van der Waals surface area contributed by atoms with Gasteiger partial charge in [-0.1, -0.05) is 42.0 Å². The van der Waals surface area contributed by atoms with Gasteiger partial charge in [0.2, 0.25) is 0 Å². The number of methoxy groups -OCH3 is 1. The minimum Gasteiger partial charge on any atom is -0.383 e. The molecule has 0 radical (unpaired) electrons. The molecule has 3 heteroatoms. The number of nitrogens with zero attached hydrogens (tertiary/aromatic N) is 1. The minimum atomic E-state index is 0.700. The molecule has 3 nitrogen and oxygen atoms in total. The summed E-state index contributed by atoms with van der Waals surface area (Å²) < 4.78 is 5.17. The van der Waals surface area contributed by atoms with E-state index < -0.39 is 0 Å². The van der Waals surface area contributed by atoms with Crippen LogP contribution in [0.25, 0.3) is 6.08 Å². The number of nitrogens with one attached hydrogen (secondary N) is 1. The zero-order chi connectivity index (χ0) is 16.1. The van der Waals surface area contributed by atoms with Gasteiger partial charge in [-0.15, -0.1) is 0 Å². The SMILES string of the molecule is COCCN1CCC(N[C@@H]2C[C@H]2/C(C)=C/c2ccccc2)CC1. The number of hydrogen-bond donors (Lipinski definition) is 1. The maximum Gasteiger partial charge on any atom is 0.0589 e. The summed E-state index contributed by atoms with van der Waals surface area (Å²) in [5, 5.41) is 3.89. The molecule has 3 rings (SSSR count). The van der Waals surface area contributed by atoms with Crippen molar-refractivity contribution < 1.29 is 4.74 Å². The Labute approximate surface area is 140 Å². The molecule has 1 aromatic carbocycles. The van der Waals surface area contributed by atoms with Crippen molar-refractivity contribution in [2.24, 2.45) is 5.92 Å². The Morgan fingerprint density at radius 2 is 2.00 bits per heavy atom. The van der Waals surface area contributed by atoms with Gasteiger partial charge in [-0.3, -0.25) is 0 Å². The highest BCUT2D eigenvalue weighted by atomic mass is 16.5. The number of piperidine rings is 1. The molecular weight excluding hydrogens is 284 g/mol. The third kappa shape index (κ3) is 4.90. The lowest BCUT2D eigenvalue weighted by Crippen LogP contribution is -2.44. The summed E-state index contributed by atoms with van der Waals surface area (Å²) in [5.41, 5.74) is 2.84. The summed E-state index contributed by atoms with van der Waals surface area (Å²) in [6.45, 7) is 6.63. The molecule has 1 aliphatic carbocycles. The molecule has 23 heavy (non-hydrogen) atoms. The van der Waals surface area contributed by atoms with Crippen LogP contribution in [0.3, 0.4) is 0 Å². The zero-order valence-electron chi connectivity index (χ0n) is 14.5. The van der Waals surface area contributed by atoms with Crippen LogP contribution in [-0.2, 0) is 4.74 Å². The average Bonchev–Trinajstić information content (AvgIpc) is 3.34. The molecule has 0 amide bonds. The van der Waals surface area contributed by atoms with Gasteiger partial charge in [-0.2, -0.15) is 0 Å². The van der Waals surface area contributed by atoms with E-state index in [0.717, 1.165) is 19.1 Å². The van der Waals surface area contributed by atoms with Gasteiger partial charge in [0.25, 0.3) is 0 Å². The van der Waals surface area contributed by atoms with Gasteiger partial charge < -0.3 is 15.0 Å². The molecule has 2 aliphatic rings. The molecule has 126 valence electrons. The second kappa shape index (κ2) is 8.09. The number of rotatable bonds is 7. The minimum absolute atomic E-state index is 0.700. The molecule has 0 bridgehead atoms. The smallest absolute Gasteiger partial charge is 0.0589 e. The monoisotopic (exact) mass is 314 g/mol. The van der Waals surface area contributed by atoms with E-state index in [1.165, 1.54) is 43.5 Å². The fraction of sp³-hybridized carbons (Fsp3) is 0.600. The third-order valence-electron chi connectivity index (χ3n) is 5.22. The Kier molecular flexibility index (Phi) is 5.87. The Bertz CT molecular complexity index is 506. The maximum atomic E-state index is 5.17. The van der Waals surface area contributed by atoms with Crippen LogP contribution < -0.4 is 5.32 Å². The van der Waals surface area contributed by atoms with E-state index in [9.17, 15) is 0 Å². The molecule has 1 aromatic rings. The van der Waals surface area contributed by atoms with Crippen molar-refractivity contribution in [2.75, 3.05) is 33.4 Å². The number of likely N-dealkylation sites (tertiary alicyclic amines) is 1. The van der Waals surface area contributed by atoms with Crippen LogP contribution in [0.5, 0.6) is 0 Å². The van der Waals surface area contributed by atoms with E-state index in [-0.39, 0.29) is 0 Å². The van der Waals surface area contributed by atoms with Gasteiger partial charge in [0.1, 0.15) is 0 Å². The molecule has 2 atom stereocenters. The van der Waals surface area contributed by atoms with Crippen LogP contribution >= 0.6 is 0 Å². The van der Waals surface area contributed by atoms with Crippen molar-refractivity contribution in [3.63, 3.8) is 0 Å². The highest BCUT2D eigenvalue weighted by molar-refractivity contribution is 5.53. The van der Waals surface area contributed by atoms with E-state index in [4.69, 9.17) is 4.74 Å². The van der Waals surface area contributed by atoms with E-state index in [1.54, 1.807) is 7.11 Å². The first kappa shape index (κ1) is 16.7. The van der Waals surface area contributed by atoms with Crippen molar-refractivity contribution in [1.82, 2.24) is 10.2 Å². The summed E-state index contributed by atoms with van der Waals surface area (Å²) >= 11 is 0. The van der Waals surface area contributed by atoms with Gasteiger partial charge in [0, 0.05) is 25.7 Å². The van der Waals surface area contributed by atoms with Crippen molar-refractivity contribution >= 4 is 6.08 Å². The molecule has 0 unspecified atom stereocenters. The van der Waals surface area contributed by atoms with Crippen LogP contribution in [0.4, 0.5) is 0 Å². The van der Waals surface area contributed by atoms with Gasteiger partial charge in [0.05, 0.1) is 6.61 Å². The molecule has 1 heterocycles. The summed E-state index contributed by atoms with van der Waals surface area (Å²) in [5.74, 6) is 0.738. The molecule has 1 saturated carbocycles. The van der Waals surface area contributed by atoms with Crippen LogP contribution in [0.1, 0.15) is 31.7 Å². The largest absolute Gasteiger partial charge is 0.383 e. The maximum absolute atomic E-state index is 5.17. The predicted molar refractivity (Wildman–Crippen MR) is 96.5 cm³/mol. The quantitative estimate of drug-likeness (QED) is 0.836. The topological polar surface area (TPSA) is 24.5 Å². The average molecular weight is 314 g/mol. The van der Waals surface area contributed by atoms with E-state index in [2.05, 4.69) is 53.5 Å². The first-order valence-corrected chi connectivity index (χ1v) is 8.97. The van der Waals surface area contributed by atoms with Crippen molar-refractivity contribution in [3.8, 4) is 0 Å². The van der Waals surface area contributed by atoms with Crippen LogP contribution in [-0.4, -0.2) is 50.3 Å². The summed E-state index contributed by atoms with van der Waals surface area (Å²) in [4.78, 5) is 2.52. The zero-order valence-corrected chi connectivity index (χ0v) is 14.5. The second-order valence-electron chi connectivity index (χ2n) is 7.02. The fourth-order valence-electron chi connectivity index (χ4n) is 3.65. The third-order valence-corrected chi connectivity index (χ3v) is 5.22. The molecule has 0 spiro atoms. The molecule has 1 saturated heterocycles. The Hall–Kier alpha value is -1.16. The summed E-state index contributed by atoms with van der Waals surface area (Å²) in [7, 11) is 1.78. The standard InChI is InChI=1S/C20H30N2O/c1-16(14-17-6-4-3-5-7-17)19-15-20(19)21-18-8-10-22(11-9-18)12-13-23-2/h3-7,14,18-21H,8-13,15H2,1-2H3/b16-14+/t19-,20+/m0/s1. The lowest BCUT2D eigenvalue weighted by atomic mass is 10.0. The van der Waals surface area contributed by atoms with Gasteiger partial charge >= 0.3 is 0 Å². The molecule has 1 aliphatic heterocycles. The number of benzene rings is 1. The summed E-state index contributed by atoms with van der Waals surface area (Å²) in [6, 6.07) is 12.1. The second-order valence-corrected chi connectivity index (χ2v) is 7.02. The molecule has 2 fully saturated rings. The highest BCUT2D eigenvalue weighted by Crippen LogP contribution is 2.38. The first-order valence-electron chi connectivity index (χ1n) is 8.97. The highest BCUT2D eigenvalue weighted by Gasteiger charge is 2.39. The van der Waals surface area contributed by atoms with E-state index >= 15 is 0 Å². The summed E-state index contributed by atoms with van der Waals surface area (Å²) in [6.07, 6.45) is 6.20. The Morgan fingerprint density at radius 3 is 2.70 bits per heavy atom.